The standard InChI is InChI=1S/C20H25ClFN5O3S/c1-20(2,30)19-24-26(11-17(28)23-12-4-3-6-25(10-12)7-5-22)18(29)14-8-15-13(27(14)19)9-16(21)31-15/h8-9,12,30H,3-7,10-11H2,1-2H3,(H,23,28)/t12-/m1/s1. The maximum absolute atomic E-state index is 13.1. The number of amides is 1. The van der Waals surface area contributed by atoms with Crippen LogP contribution < -0.4 is 10.9 Å². The van der Waals surface area contributed by atoms with Crippen LogP contribution in [0.5, 0.6) is 0 Å². The minimum Gasteiger partial charge on any atom is -0.382 e. The average molecular weight is 470 g/mol. The van der Waals surface area contributed by atoms with E-state index in [1.54, 1.807) is 30.4 Å². The molecule has 4 heterocycles. The van der Waals surface area contributed by atoms with E-state index in [0.29, 0.717) is 28.5 Å². The number of carbonyl (C=O) groups is 1. The second-order valence-electron chi connectivity index (χ2n) is 8.41. The van der Waals surface area contributed by atoms with Gasteiger partial charge in [0.25, 0.3) is 5.56 Å². The molecule has 168 valence electrons. The highest BCUT2D eigenvalue weighted by Crippen LogP contribution is 2.33. The molecule has 0 spiro atoms. The van der Waals surface area contributed by atoms with Crippen LogP contribution in [-0.2, 0) is 16.9 Å². The number of hydrogen-bond acceptors (Lipinski definition) is 6. The number of aromatic nitrogens is 3. The van der Waals surface area contributed by atoms with Crippen molar-refractivity contribution < 1.29 is 14.3 Å². The van der Waals surface area contributed by atoms with Crippen molar-refractivity contribution in [3.05, 3.63) is 32.6 Å². The lowest BCUT2D eigenvalue weighted by Crippen LogP contribution is -2.49. The van der Waals surface area contributed by atoms with Gasteiger partial charge >= 0.3 is 0 Å². The number of nitrogens with zero attached hydrogens (tertiary/aromatic N) is 4. The molecule has 0 saturated carbocycles. The summed E-state index contributed by atoms with van der Waals surface area (Å²) in [6, 6.07) is 3.34. The van der Waals surface area contributed by atoms with Crippen LogP contribution in [0.3, 0.4) is 0 Å². The van der Waals surface area contributed by atoms with Gasteiger partial charge in [-0.2, -0.15) is 5.10 Å². The largest absolute Gasteiger partial charge is 0.382 e. The molecule has 1 atom stereocenters. The molecule has 31 heavy (non-hydrogen) atoms. The first-order chi connectivity index (χ1) is 14.7. The highest BCUT2D eigenvalue weighted by molar-refractivity contribution is 7.22. The van der Waals surface area contributed by atoms with E-state index in [2.05, 4.69) is 10.4 Å². The van der Waals surface area contributed by atoms with Gasteiger partial charge in [-0.3, -0.25) is 18.9 Å². The smallest absolute Gasteiger partial charge is 0.291 e. The minimum atomic E-state index is -1.36. The molecule has 1 saturated heterocycles. The molecule has 0 aliphatic carbocycles. The summed E-state index contributed by atoms with van der Waals surface area (Å²) in [5.41, 5.74) is -0.769. The number of rotatable bonds is 6. The number of nitrogens with one attached hydrogen (secondary N) is 1. The Morgan fingerprint density at radius 3 is 2.90 bits per heavy atom. The third-order valence-electron chi connectivity index (χ3n) is 5.45. The van der Waals surface area contributed by atoms with Crippen molar-refractivity contribution in [1.29, 1.82) is 0 Å². The van der Waals surface area contributed by atoms with E-state index in [1.165, 1.54) is 11.3 Å². The topological polar surface area (TPSA) is 91.9 Å². The van der Waals surface area contributed by atoms with Crippen LogP contribution in [0.2, 0.25) is 4.34 Å². The van der Waals surface area contributed by atoms with E-state index >= 15 is 0 Å². The number of carbonyl (C=O) groups excluding carboxylic acids is 1. The highest BCUT2D eigenvalue weighted by Gasteiger charge is 2.27. The average Bonchev–Trinajstić information content (AvgIpc) is 3.20. The predicted molar refractivity (Wildman–Crippen MR) is 119 cm³/mol. The third kappa shape index (κ3) is 4.48. The van der Waals surface area contributed by atoms with Gasteiger partial charge in [-0.1, -0.05) is 11.6 Å². The van der Waals surface area contributed by atoms with Gasteiger partial charge in [0.15, 0.2) is 5.82 Å². The van der Waals surface area contributed by atoms with Crippen molar-refractivity contribution in [3.8, 4) is 0 Å². The summed E-state index contributed by atoms with van der Waals surface area (Å²) >= 11 is 7.45. The summed E-state index contributed by atoms with van der Waals surface area (Å²) in [6.07, 6.45) is 1.68. The Balaban J connectivity index is 1.64. The SMILES string of the molecule is CC(C)(O)c1nn(CC(=O)N[C@@H]2CCCN(CCF)C2)c(=O)c2cc3sc(Cl)cc3n12. The molecule has 1 aliphatic heterocycles. The van der Waals surface area contributed by atoms with Crippen molar-refractivity contribution in [2.75, 3.05) is 26.3 Å². The summed E-state index contributed by atoms with van der Waals surface area (Å²) in [6.45, 7) is 4.22. The molecule has 2 N–H and O–H groups in total. The normalized spacial score (nSPS) is 18.2. The van der Waals surface area contributed by atoms with Crippen LogP contribution in [0.25, 0.3) is 15.7 Å². The van der Waals surface area contributed by atoms with Crippen LogP contribution >= 0.6 is 22.9 Å². The third-order valence-corrected chi connectivity index (χ3v) is 6.65. The predicted octanol–water partition coefficient (Wildman–Crippen LogP) is 2.14. The van der Waals surface area contributed by atoms with E-state index in [-0.39, 0.29) is 24.3 Å². The van der Waals surface area contributed by atoms with Gasteiger partial charge in [0.2, 0.25) is 5.91 Å². The Morgan fingerprint density at radius 1 is 1.42 bits per heavy atom. The van der Waals surface area contributed by atoms with E-state index in [4.69, 9.17) is 11.6 Å². The number of alkyl halides is 1. The second-order valence-corrected chi connectivity index (χ2v) is 10.1. The molecular formula is C20H25ClFN5O3S. The zero-order valence-corrected chi connectivity index (χ0v) is 19.0. The molecule has 11 heteroatoms. The minimum absolute atomic E-state index is 0.0956. The Hall–Kier alpha value is -2.01. The van der Waals surface area contributed by atoms with Gasteiger partial charge in [0.1, 0.15) is 24.3 Å². The number of hydrogen-bond donors (Lipinski definition) is 2. The Labute approximate surface area is 187 Å². The highest BCUT2D eigenvalue weighted by atomic mass is 35.5. The fraction of sp³-hybridized carbons (Fsp3) is 0.550. The van der Waals surface area contributed by atoms with Crippen LogP contribution in [0.15, 0.2) is 16.9 Å². The number of piperidine rings is 1. The molecule has 0 aromatic carbocycles. The quantitative estimate of drug-likeness (QED) is 0.577. The van der Waals surface area contributed by atoms with Crippen LogP contribution in [0, 0.1) is 0 Å². The zero-order chi connectivity index (χ0) is 22.3. The molecule has 3 aromatic heterocycles. The van der Waals surface area contributed by atoms with Crippen molar-refractivity contribution in [1.82, 2.24) is 24.4 Å². The summed E-state index contributed by atoms with van der Waals surface area (Å²) in [5.74, 6) is -0.102. The van der Waals surface area contributed by atoms with Gasteiger partial charge in [0, 0.05) is 19.1 Å². The molecule has 1 aliphatic rings. The van der Waals surface area contributed by atoms with E-state index in [0.717, 1.165) is 28.8 Å². The number of aliphatic hydroxyl groups is 1. The maximum atomic E-state index is 13.1. The first kappa shape index (κ1) is 22.2. The molecule has 1 fully saturated rings. The molecule has 0 bridgehead atoms. The summed E-state index contributed by atoms with van der Waals surface area (Å²) in [5, 5.41) is 18.0. The van der Waals surface area contributed by atoms with Crippen LogP contribution in [0.4, 0.5) is 4.39 Å². The Kier molecular flexibility index (Phi) is 6.08. The lowest BCUT2D eigenvalue weighted by molar-refractivity contribution is -0.123. The van der Waals surface area contributed by atoms with Gasteiger partial charge in [-0.05, 0) is 45.4 Å². The molecule has 8 nitrogen and oxygen atoms in total. The number of thiophene rings is 1. The Bertz CT molecular complexity index is 1180. The molecule has 4 rings (SSSR count). The lowest BCUT2D eigenvalue weighted by atomic mass is 10.1. The first-order valence-corrected chi connectivity index (χ1v) is 11.4. The molecule has 3 aromatic rings. The summed E-state index contributed by atoms with van der Waals surface area (Å²) in [7, 11) is 0. The van der Waals surface area contributed by atoms with Crippen molar-refractivity contribution in [3.63, 3.8) is 0 Å². The van der Waals surface area contributed by atoms with Gasteiger partial charge < -0.3 is 10.4 Å². The van der Waals surface area contributed by atoms with Crippen molar-refractivity contribution in [2.24, 2.45) is 0 Å². The molecule has 1 amide bonds. The van der Waals surface area contributed by atoms with E-state index in [9.17, 15) is 19.1 Å². The van der Waals surface area contributed by atoms with Crippen molar-refractivity contribution >= 4 is 44.6 Å². The first-order valence-electron chi connectivity index (χ1n) is 10.2. The van der Waals surface area contributed by atoms with Crippen molar-refractivity contribution in [2.45, 2.75) is 44.9 Å². The monoisotopic (exact) mass is 469 g/mol. The number of fused-ring (bicyclic) bond motifs is 3. The molecule has 0 unspecified atom stereocenters. The van der Waals surface area contributed by atoms with Gasteiger partial charge in [0.05, 0.1) is 14.6 Å². The summed E-state index contributed by atoms with van der Waals surface area (Å²) < 4.78 is 16.7. The van der Waals surface area contributed by atoms with E-state index in [1.807, 2.05) is 4.90 Å². The fourth-order valence-corrected chi connectivity index (χ4v) is 5.25. The number of likely N-dealkylation sites (tertiary alicyclic amines) is 1. The van der Waals surface area contributed by atoms with E-state index < -0.39 is 17.8 Å². The zero-order valence-electron chi connectivity index (χ0n) is 17.4. The Morgan fingerprint density at radius 2 is 2.19 bits per heavy atom. The maximum Gasteiger partial charge on any atom is 0.291 e. The second kappa shape index (κ2) is 8.50. The van der Waals surface area contributed by atoms with Gasteiger partial charge in [-0.25, -0.2) is 9.07 Å². The van der Waals surface area contributed by atoms with Crippen LogP contribution in [0.1, 0.15) is 32.5 Å². The van der Waals surface area contributed by atoms with Gasteiger partial charge in [-0.15, -0.1) is 11.3 Å². The fourth-order valence-electron chi connectivity index (χ4n) is 4.09. The van der Waals surface area contributed by atoms with Crippen LogP contribution in [-0.4, -0.2) is 62.4 Å². The summed E-state index contributed by atoms with van der Waals surface area (Å²) in [4.78, 5) is 27.7. The number of halogens is 2. The molecular weight excluding hydrogens is 445 g/mol. The lowest BCUT2D eigenvalue weighted by Gasteiger charge is -2.32. The molecule has 0 radical (unpaired) electrons.